The number of benzene rings is 1. The highest BCUT2D eigenvalue weighted by Gasteiger charge is 2.45. The smallest absolute Gasteiger partial charge is 0.239 e. The summed E-state index contributed by atoms with van der Waals surface area (Å²) in [4.78, 5) is 24.4. The topological polar surface area (TPSA) is 58.2 Å². The third-order valence-electron chi connectivity index (χ3n) is 3.96. The third kappa shape index (κ3) is 3.80. The van der Waals surface area contributed by atoms with Gasteiger partial charge in [-0.2, -0.15) is 0 Å². The maximum Gasteiger partial charge on any atom is 0.239 e. The van der Waals surface area contributed by atoms with Crippen LogP contribution in [0, 0.1) is 0 Å². The molecule has 0 aromatic heterocycles. The van der Waals surface area contributed by atoms with Gasteiger partial charge in [0.2, 0.25) is 11.8 Å². The number of nitrogens with one attached hydrogen (secondary N) is 2. The lowest BCUT2D eigenvalue weighted by Crippen LogP contribution is -2.52. The van der Waals surface area contributed by atoms with Crippen LogP contribution in [0.5, 0.6) is 0 Å². The van der Waals surface area contributed by atoms with Crippen LogP contribution in [0.15, 0.2) is 24.3 Å². The molecule has 5 heteroatoms. The predicted octanol–water partition coefficient (Wildman–Crippen LogP) is 2.79. The minimum absolute atomic E-state index is 0.00540. The molecule has 1 aliphatic carbocycles. The number of amides is 2. The van der Waals surface area contributed by atoms with Crippen LogP contribution in [0.25, 0.3) is 0 Å². The van der Waals surface area contributed by atoms with Crippen LogP contribution in [0.1, 0.15) is 45.6 Å². The Morgan fingerprint density at radius 2 is 1.77 bits per heavy atom. The number of rotatable bonds is 4. The van der Waals surface area contributed by atoms with Crippen molar-refractivity contribution in [2.24, 2.45) is 0 Å². The maximum absolute atomic E-state index is 12.6. The predicted molar refractivity (Wildman–Crippen MR) is 87.9 cm³/mol. The minimum Gasteiger partial charge on any atom is -0.350 e. The molecule has 0 radical (unpaired) electrons. The monoisotopic (exact) mass is 322 g/mol. The second-order valence-corrected chi connectivity index (χ2v) is 7.36. The fourth-order valence-corrected chi connectivity index (χ4v) is 2.86. The SMILES string of the molecule is CC(C)(C)NC(=O)CNC(=O)C1(c2ccc(Cl)cc2)CCC1. The molecule has 1 aromatic carbocycles. The fraction of sp³-hybridized carbons (Fsp3) is 0.529. The van der Waals surface area contributed by atoms with Crippen LogP contribution < -0.4 is 10.6 Å². The van der Waals surface area contributed by atoms with Crippen LogP contribution in [-0.4, -0.2) is 23.9 Å². The summed E-state index contributed by atoms with van der Waals surface area (Å²) >= 11 is 5.91. The molecule has 2 N–H and O–H groups in total. The van der Waals surface area contributed by atoms with Crippen molar-refractivity contribution in [2.75, 3.05) is 6.54 Å². The van der Waals surface area contributed by atoms with E-state index in [1.165, 1.54) is 0 Å². The van der Waals surface area contributed by atoms with Crippen molar-refractivity contribution >= 4 is 23.4 Å². The highest BCUT2D eigenvalue weighted by Crippen LogP contribution is 2.44. The molecule has 1 aromatic rings. The highest BCUT2D eigenvalue weighted by molar-refractivity contribution is 6.30. The Kier molecular flexibility index (Phi) is 4.81. The normalized spacial score (nSPS) is 16.5. The summed E-state index contributed by atoms with van der Waals surface area (Å²) in [6.45, 7) is 5.74. The molecule has 120 valence electrons. The molecule has 2 amide bonds. The van der Waals surface area contributed by atoms with Gasteiger partial charge in [-0.15, -0.1) is 0 Å². The van der Waals surface area contributed by atoms with E-state index in [1.807, 2.05) is 32.9 Å². The summed E-state index contributed by atoms with van der Waals surface area (Å²) in [7, 11) is 0. The first-order valence-electron chi connectivity index (χ1n) is 7.58. The minimum atomic E-state index is -0.507. The van der Waals surface area contributed by atoms with Crippen molar-refractivity contribution in [3.63, 3.8) is 0 Å². The maximum atomic E-state index is 12.6. The summed E-state index contributed by atoms with van der Waals surface area (Å²) in [5, 5.41) is 6.27. The molecule has 0 unspecified atom stereocenters. The number of halogens is 1. The van der Waals surface area contributed by atoms with Gasteiger partial charge >= 0.3 is 0 Å². The molecular weight excluding hydrogens is 300 g/mol. The van der Waals surface area contributed by atoms with Crippen molar-refractivity contribution in [1.82, 2.24) is 10.6 Å². The largest absolute Gasteiger partial charge is 0.350 e. The van der Waals surface area contributed by atoms with E-state index >= 15 is 0 Å². The number of carbonyl (C=O) groups is 2. The lowest BCUT2D eigenvalue weighted by molar-refractivity contribution is -0.132. The van der Waals surface area contributed by atoms with Gasteiger partial charge in [0, 0.05) is 10.6 Å². The van der Waals surface area contributed by atoms with E-state index in [2.05, 4.69) is 10.6 Å². The van der Waals surface area contributed by atoms with E-state index < -0.39 is 5.41 Å². The Balaban J connectivity index is 2.01. The summed E-state index contributed by atoms with van der Waals surface area (Å²) in [5.41, 5.74) is 0.163. The molecule has 0 atom stereocenters. The van der Waals surface area contributed by atoms with Crippen LogP contribution in [0.3, 0.4) is 0 Å². The quantitative estimate of drug-likeness (QED) is 0.895. The van der Waals surface area contributed by atoms with Crippen molar-refractivity contribution in [1.29, 1.82) is 0 Å². The van der Waals surface area contributed by atoms with Gasteiger partial charge in [0.1, 0.15) is 0 Å². The van der Waals surface area contributed by atoms with Crippen molar-refractivity contribution < 1.29 is 9.59 Å². The molecule has 0 aliphatic heterocycles. The standard InChI is InChI=1S/C17H23ClN2O2/c1-16(2,3)20-14(21)11-19-15(22)17(9-4-10-17)12-5-7-13(18)8-6-12/h5-8H,4,9-11H2,1-3H3,(H,19,22)(H,20,21). The average molecular weight is 323 g/mol. The van der Waals surface area contributed by atoms with Crippen molar-refractivity contribution in [3.8, 4) is 0 Å². The molecule has 1 fully saturated rings. The number of hydrogen-bond acceptors (Lipinski definition) is 2. The summed E-state index contributed by atoms with van der Waals surface area (Å²) in [6, 6.07) is 7.40. The molecule has 22 heavy (non-hydrogen) atoms. The van der Waals surface area contributed by atoms with Gasteiger partial charge < -0.3 is 10.6 Å². The van der Waals surface area contributed by atoms with Gasteiger partial charge in [-0.3, -0.25) is 9.59 Å². The lowest BCUT2D eigenvalue weighted by atomic mass is 9.64. The van der Waals surface area contributed by atoms with E-state index in [-0.39, 0.29) is 23.9 Å². The van der Waals surface area contributed by atoms with Crippen LogP contribution in [-0.2, 0) is 15.0 Å². The van der Waals surface area contributed by atoms with E-state index in [0.717, 1.165) is 24.8 Å². The fourth-order valence-electron chi connectivity index (χ4n) is 2.74. The van der Waals surface area contributed by atoms with Crippen molar-refractivity contribution in [2.45, 2.75) is 51.0 Å². The zero-order valence-electron chi connectivity index (χ0n) is 13.3. The van der Waals surface area contributed by atoms with E-state index in [0.29, 0.717) is 5.02 Å². The van der Waals surface area contributed by atoms with Gasteiger partial charge in [-0.05, 0) is 51.3 Å². The van der Waals surface area contributed by atoms with E-state index in [4.69, 9.17) is 11.6 Å². The van der Waals surface area contributed by atoms with Gasteiger partial charge in [-0.25, -0.2) is 0 Å². The molecule has 1 aliphatic rings. The second-order valence-electron chi connectivity index (χ2n) is 6.92. The number of carbonyl (C=O) groups excluding carboxylic acids is 2. The molecule has 0 spiro atoms. The zero-order chi connectivity index (χ0) is 16.4. The highest BCUT2D eigenvalue weighted by atomic mass is 35.5. The second kappa shape index (κ2) is 6.29. The molecule has 2 rings (SSSR count). The molecular formula is C17H23ClN2O2. The summed E-state index contributed by atoms with van der Waals surface area (Å²) in [6.07, 6.45) is 2.63. The van der Waals surface area contributed by atoms with Crippen LogP contribution in [0.4, 0.5) is 0 Å². The molecule has 0 saturated heterocycles. The average Bonchev–Trinajstić information content (AvgIpc) is 2.35. The van der Waals surface area contributed by atoms with Gasteiger partial charge in [0.25, 0.3) is 0 Å². The molecule has 0 heterocycles. The third-order valence-corrected chi connectivity index (χ3v) is 4.21. The molecule has 1 saturated carbocycles. The Hall–Kier alpha value is -1.55. The Morgan fingerprint density at radius 1 is 1.18 bits per heavy atom. The van der Waals surface area contributed by atoms with Crippen LogP contribution in [0.2, 0.25) is 5.02 Å². The van der Waals surface area contributed by atoms with E-state index in [1.54, 1.807) is 12.1 Å². The van der Waals surface area contributed by atoms with Crippen molar-refractivity contribution in [3.05, 3.63) is 34.9 Å². The Labute approximate surface area is 136 Å². The Bertz CT molecular complexity index is 557. The lowest BCUT2D eigenvalue weighted by Gasteiger charge is -2.40. The molecule has 4 nitrogen and oxygen atoms in total. The summed E-state index contributed by atoms with van der Waals surface area (Å²) in [5.74, 6) is -0.253. The first-order chi connectivity index (χ1) is 10.2. The van der Waals surface area contributed by atoms with Gasteiger partial charge in [-0.1, -0.05) is 30.2 Å². The first kappa shape index (κ1) is 16.8. The number of hydrogen-bond donors (Lipinski definition) is 2. The Morgan fingerprint density at radius 3 is 2.23 bits per heavy atom. The van der Waals surface area contributed by atoms with Gasteiger partial charge in [0.15, 0.2) is 0 Å². The van der Waals surface area contributed by atoms with Gasteiger partial charge in [0.05, 0.1) is 12.0 Å². The summed E-state index contributed by atoms with van der Waals surface area (Å²) < 4.78 is 0. The molecule has 0 bridgehead atoms. The zero-order valence-corrected chi connectivity index (χ0v) is 14.1. The van der Waals surface area contributed by atoms with E-state index in [9.17, 15) is 9.59 Å². The van der Waals surface area contributed by atoms with Crippen LogP contribution >= 0.6 is 11.6 Å². The first-order valence-corrected chi connectivity index (χ1v) is 7.96.